The average molecular weight is 214 g/mol. The van der Waals surface area contributed by atoms with E-state index in [1.807, 2.05) is 0 Å². The van der Waals surface area contributed by atoms with Crippen LogP contribution in [0.1, 0.15) is 27.7 Å². The van der Waals surface area contributed by atoms with E-state index in [1.54, 1.807) is 0 Å². The molecule has 1 aliphatic rings. The topological polar surface area (TPSA) is 15.7 Å². The normalized spacial score (nSPS) is 19.4. The summed E-state index contributed by atoms with van der Waals surface area (Å²) in [5.41, 5.74) is 0. The predicted octanol–water partition coefficient (Wildman–Crippen LogP) is 1.44. The Hall–Kier alpha value is -0.120. The summed E-state index contributed by atoms with van der Waals surface area (Å²) in [6.07, 6.45) is 0. The number of rotatable bonds is 5. The Balaban J connectivity index is 2.26. The lowest BCUT2D eigenvalue weighted by Crippen LogP contribution is -2.45. The third-order valence-corrected chi connectivity index (χ3v) is 3.10. The van der Waals surface area contributed by atoms with E-state index in [-0.39, 0.29) is 0 Å². The maximum atomic E-state index is 5.35. The monoisotopic (exact) mass is 214 g/mol. The minimum atomic E-state index is 0.644. The first-order valence-corrected chi connectivity index (χ1v) is 6.17. The minimum absolute atomic E-state index is 0.644. The molecule has 3 heteroatoms. The summed E-state index contributed by atoms with van der Waals surface area (Å²) >= 11 is 0. The minimum Gasteiger partial charge on any atom is -0.379 e. The predicted molar refractivity (Wildman–Crippen MR) is 64.2 cm³/mol. The number of morpholine rings is 1. The first-order chi connectivity index (χ1) is 7.11. The van der Waals surface area contributed by atoms with Gasteiger partial charge in [0.15, 0.2) is 0 Å². The Morgan fingerprint density at radius 2 is 1.60 bits per heavy atom. The van der Waals surface area contributed by atoms with Crippen LogP contribution in [-0.4, -0.2) is 61.3 Å². The van der Waals surface area contributed by atoms with E-state index >= 15 is 0 Å². The van der Waals surface area contributed by atoms with E-state index in [9.17, 15) is 0 Å². The van der Waals surface area contributed by atoms with Gasteiger partial charge in [0.2, 0.25) is 0 Å². The fourth-order valence-electron chi connectivity index (χ4n) is 2.19. The maximum absolute atomic E-state index is 5.35. The van der Waals surface area contributed by atoms with E-state index in [0.717, 1.165) is 26.3 Å². The molecular formula is C12H26N2O. The molecule has 0 aromatic heterocycles. The van der Waals surface area contributed by atoms with Crippen molar-refractivity contribution in [2.45, 2.75) is 39.8 Å². The molecule has 0 N–H and O–H groups in total. The van der Waals surface area contributed by atoms with Crippen LogP contribution in [-0.2, 0) is 4.74 Å². The zero-order valence-corrected chi connectivity index (χ0v) is 10.7. The van der Waals surface area contributed by atoms with Crippen molar-refractivity contribution in [1.29, 1.82) is 0 Å². The summed E-state index contributed by atoms with van der Waals surface area (Å²) < 4.78 is 5.35. The molecule has 0 bridgehead atoms. The zero-order chi connectivity index (χ0) is 11.3. The van der Waals surface area contributed by atoms with Crippen molar-refractivity contribution in [3.63, 3.8) is 0 Å². The van der Waals surface area contributed by atoms with Gasteiger partial charge in [-0.05, 0) is 27.7 Å². The lowest BCUT2D eigenvalue weighted by Gasteiger charge is -2.34. The van der Waals surface area contributed by atoms with Gasteiger partial charge in [-0.15, -0.1) is 0 Å². The van der Waals surface area contributed by atoms with E-state index in [4.69, 9.17) is 4.74 Å². The van der Waals surface area contributed by atoms with Crippen molar-refractivity contribution in [1.82, 2.24) is 9.80 Å². The van der Waals surface area contributed by atoms with Gasteiger partial charge in [0.25, 0.3) is 0 Å². The Morgan fingerprint density at radius 3 is 2.07 bits per heavy atom. The number of nitrogens with zero attached hydrogens (tertiary/aromatic N) is 2. The molecule has 3 nitrogen and oxygen atoms in total. The van der Waals surface area contributed by atoms with E-state index in [1.165, 1.54) is 13.1 Å². The molecule has 0 unspecified atom stereocenters. The highest BCUT2D eigenvalue weighted by Crippen LogP contribution is 2.05. The molecule has 0 radical (unpaired) electrons. The second-order valence-electron chi connectivity index (χ2n) is 4.88. The van der Waals surface area contributed by atoms with Crippen LogP contribution >= 0.6 is 0 Å². The van der Waals surface area contributed by atoms with Gasteiger partial charge >= 0.3 is 0 Å². The first-order valence-electron chi connectivity index (χ1n) is 6.17. The Bertz CT molecular complexity index is 157. The van der Waals surface area contributed by atoms with Crippen LogP contribution in [0.3, 0.4) is 0 Å². The Labute approximate surface area is 94.4 Å². The van der Waals surface area contributed by atoms with Crippen LogP contribution in [0.2, 0.25) is 0 Å². The largest absolute Gasteiger partial charge is 0.379 e. The number of hydrogen-bond acceptors (Lipinski definition) is 3. The summed E-state index contributed by atoms with van der Waals surface area (Å²) in [7, 11) is 0. The van der Waals surface area contributed by atoms with Crippen LogP contribution < -0.4 is 0 Å². The molecule has 0 aromatic rings. The SMILES string of the molecule is CC(C)N(CCN1CCOCC1)C(C)C. The van der Waals surface area contributed by atoms with Crippen LogP contribution in [0.15, 0.2) is 0 Å². The first kappa shape index (κ1) is 12.9. The average Bonchev–Trinajstić information content (AvgIpc) is 2.18. The molecule has 1 saturated heterocycles. The molecule has 1 rings (SSSR count). The fourth-order valence-corrected chi connectivity index (χ4v) is 2.19. The van der Waals surface area contributed by atoms with Gasteiger partial charge in [0.05, 0.1) is 13.2 Å². The smallest absolute Gasteiger partial charge is 0.0594 e. The van der Waals surface area contributed by atoms with E-state index in [2.05, 4.69) is 37.5 Å². The third-order valence-electron chi connectivity index (χ3n) is 3.10. The highest BCUT2D eigenvalue weighted by Gasteiger charge is 2.16. The quantitative estimate of drug-likeness (QED) is 0.689. The van der Waals surface area contributed by atoms with Gasteiger partial charge in [-0.25, -0.2) is 0 Å². The molecule has 1 fully saturated rings. The molecule has 0 aliphatic carbocycles. The summed E-state index contributed by atoms with van der Waals surface area (Å²) in [4.78, 5) is 5.05. The fraction of sp³-hybridized carbons (Fsp3) is 1.00. The highest BCUT2D eigenvalue weighted by atomic mass is 16.5. The van der Waals surface area contributed by atoms with Crippen molar-refractivity contribution < 1.29 is 4.74 Å². The molecule has 0 saturated carbocycles. The van der Waals surface area contributed by atoms with E-state index in [0.29, 0.717) is 12.1 Å². The van der Waals surface area contributed by atoms with Gasteiger partial charge in [0.1, 0.15) is 0 Å². The maximum Gasteiger partial charge on any atom is 0.0594 e. The molecule has 0 atom stereocenters. The lowest BCUT2D eigenvalue weighted by molar-refractivity contribution is 0.0293. The van der Waals surface area contributed by atoms with Gasteiger partial charge in [-0.2, -0.15) is 0 Å². The van der Waals surface area contributed by atoms with Crippen LogP contribution in [0, 0.1) is 0 Å². The van der Waals surface area contributed by atoms with Crippen LogP contribution in [0.4, 0.5) is 0 Å². The summed E-state index contributed by atoms with van der Waals surface area (Å²) in [6.45, 7) is 15.5. The highest BCUT2D eigenvalue weighted by molar-refractivity contribution is 4.70. The number of hydrogen-bond donors (Lipinski definition) is 0. The summed E-state index contributed by atoms with van der Waals surface area (Å²) in [5, 5.41) is 0. The standard InChI is InChI=1S/C12H26N2O/c1-11(2)14(12(3)4)6-5-13-7-9-15-10-8-13/h11-12H,5-10H2,1-4H3. The second-order valence-corrected chi connectivity index (χ2v) is 4.88. The van der Waals surface area contributed by atoms with Gasteiger partial charge in [0, 0.05) is 38.3 Å². The Kier molecular flexibility index (Phi) is 5.58. The van der Waals surface area contributed by atoms with Crippen molar-refractivity contribution in [2.75, 3.05) is 39.4 Å². The van der Waals surface area contributed by atoms with Gasteiger partial charge in [-0.1, -0.05) is 0 Å². The van der Waals surface area contributed by atoms with Gasteiger partial charge < -0.3 is 4.74 Å². The number of ether oxygens (including phenoxy) is 1. The molecular weight excluding hydrogens is 188 g/mol. The molecule has 15 heavy (non-hydrogen) atoms. The van der Waals surface area contributed by atoms with Crippen LogP contribution in [0.25, 0.3) is 0 Å². The van der Waals surface area contributed by atoms with Crippen molar-refractivity contribution >= 4 is 0 Å². The Morgan fingerprint density at radius 1 is 1.07 bits per heavy atom. The van der Waals surface area contributed by atoms with E-state index < -0.39 is 0 Å². The molecule has 1 aliphatic heterocycles. The second kappa shape index (κ2) is 6.46. The summed E-state index contributed by atoms with van der Waals surface area (Å²) in [6, 6.07) is 1.29. The third kappa shape index (κ3) is 4.49. The molecule has 0 aromatic carbocycles. The van der Waals surface area contributed by atoms with Crippen LogP contribution in [0.5, 0.6) is 0 Å². The molecule has 0 amide bonds. The summed E-state index contributed by atoms with van der Waals surface area (Å²) in [5.74, 6) is 0. The molecule has 1 heterocycles. The lowest BCUT2D eigenvalue weighted by atomic mass is 10.2. The van der Waals surface area contributed by atoms with Gasteiger partial charge in [-0.3, -0.25) is 9.80 Å². The molecule has 0 spiro atoms. The van der Waals surface area contributed by atoms with Crippen molar-refractivity contribution in [2.24, 2.45) is 0 Å². The van der Waals surface area contributed by atoms with Crippen molar-refractivity contribution in [3.05, 3.63) is 0 Å². The zero-order valence-electron chi connectivity index (χ0n) is 10.7. The van der Waals surface area contributed by atoms with Crippen molar-refractivity contribution in [3.8, 4) is 0 Å². The molecule has 90 valence electrons.